The van der Waals surface area contributed by atoms with Gasteiger partial charge in [-0.2, -0.15) is 0 Å². The molecule has 2 aliphatic heterocycles. The van der Waals surface area contributed by atoms with Crippen LogP contribution in [0.4, 0.5) is 28.4 Å². The fourth-order valence-electron chi connectivity index (χ4n) is 14.0. The number of fused-ring (bicyclic) bond motifs is 14. The molecule has 0 amide bonds. The molecule has 13 aromatic rings. The van der Waals surface area contributed by atoms with Crippen LogP contribution in [-0.2, 0) is 17.3 Å². The van der Waals surface area contributed by atoms with Crippen LogP contribution in [0.2, 0.25) is 0 Å². The molecule has 1 aliphatic carbocycles. The van der Waals surface area contributed by atoms with Gasteiger partial charge >= 0.3 is 6.85 Å². The zero-order valence-electron chi connectivity index (χ0n) is 45.9. The van der Waals surface area contributed by atoms with Crippen LogP contribution in [0.25, 0.3) is 96.7 Å². The van der Waals surface area contributed by atoms with E-state index in [1.54, 1.807) is 0 Å². The number of furan rings is 1. The monoisotopic (exact) mass is 1070 g/mol. The molecule has 16 rings (SSSR count). The van der Waals surface area contributed by atoms with Crippen LogP contribution in [0, 0.1) is 0 Å². The summed E-state index contributed by atoms with van der Waals surface area (Å²) in [6.45, 7) is 11.9. The van der Waals surface area contributed by atoms with Crippen molar-refractivity contribution in [1.82, 2.24) is 0 Å². The van der Waals surface area contributed by atoms with Crippen LogP contribution in [0.1, 0.15) is 77.0 Å². The van der Waals surface area contributed by atoms with Crippen molar-refractivity contribution < 1.29 is 4.42 Å². The van der Waals surface area contributed by atoms with Crippen LogP contribution in [0.5, 0.6) is 0 Å². The molecule has 6 heteroatoms. The van der Waals surface area contributed by atoms with E-state index in [1.165, 1.54) is 137 Å². The summed E-state index contributed by atoms with van der Waals surface area (Å²) in [7, 11) is 0. The van der Waals surface area contributed by atoms with Crippen molar-refractivity contribution in [3.63, 3.8) is 0 Å². The summed E-state index contributed by atoms with van der Waals surface area (Å²) in [5.74, 6) is 0. The topological polar surface area (TPSA) is 19.6 Å². The normalized spacial score (nSPS) is 15.0. The molecule has 0 saturated heterocycles. The molecule has 0 radical (unpaired) electrons. The number of anilines is 5. The van der Waals surface area contributed by atoms with Gasteiger partial charge in [-0.15, -0.1) is 22.7 Å². The Morgan fingerprint density at radius 1 is 0.487 bits per heavy atom. The van der Waals surface area contributed by atoms with E-state index in [0.717, 1.165) is 46.9 Å². The Labute approximate surface area is 476 Å². The molecule has 0 bridgehead atoms. The predicted molar refractivity (Wildman–Crippen MR) is 346 cm³/mol. The van der Waals surface area contributed by atoms with Crippen molar-refractivity contribution in [2.45, 2.75) is 77.6 Å². The summed E-state index contributed by atoms with van der Waals surface area (Å²) < 4.78 is 12.6. The van der Waals surface area contributed by atoms with Gasteiger partial charge in [0.15, 0.2) is 0 Å². The van der Waals surface area contributed by atoms with Crippen molar-refractivity contribution in [3.8, 4) is 44.5 Å². The number of hydrogen-bond acceptors (Lipinski definition) is 5. The average molecular weight is 1070 g/mol. The van der Waals surface area contributed by atoms with Crippen molar-refractivity contribution >= 4 is 120 Å². The highest BCUT2D eigenvalue weighted by molar-refractivity contribution is 7.32. The number of nitrogens with zero attached hydrogens (tertiary/aromatic N) is 2. The SMILES string of the molecule is CCCCc1ccc(N2c3cc4c(oc5ccccc54)c4c3B(c3sc5cc(-c6ccccc6)ccc5c32)N(c2ccc(-c3ccccc3)cc2)c2cc3sc5cc6c(cc5c3cc2-4)C(C)(C)CCC6(C)C)c(-c2ccccc2)c1. The Hall–Kier alpha value is -8.16. The predicted octanol–water partition coefficient (Wildman–Crippen LogP) is 20.6. The minimum absolute atomic E-state index is 0.0798. The Morgan fingerprint density at radius 2 is 1.11 bits per heavy atom. The maximum Gasteiger partial charge on any atom is 0.343 e. The lowest BCUT2D eigenvalue weighted by Gasteiger charge is -2.45. The lowest BCUT2D eigenvalue weighted by atomic mass is 9.46. The molecule has 3 nitrogen and oxygen atoms in total. The molecule has 80 heavy (non-hydrogen) atoms. The maximum absolute atomic E-state index is 7.36. The second-order valence-corrected chi connectivity index (χ2v) is 26.2. The lowest BCUT2D eigenvalue weighted by molar-refractivity contribution is 0.332. The number of unbranched alkanes of at least 4 members (excludes halogenated alkanes) is 1. The van der Waals surface area contributed by atoms with Gasteiger partial charge in [-0.1, -0.05) is 181 Å². The standard InChI is InChI=1S/C74H59BN2OS2/c1-6-7-19-45-28-35-61(54(38-45)49-24-15-10-16-25-49)76-63-42-57-52-26-17-18-27-64(52)78-71(57)68-58-40-55-56-41-59-60(74(4,5)37-36-73(59,2)3)43-66(56)79-67(55)44-62(58)77(51-32-29-48(30-33-51)46-20-11-8-12-21-46)75(69(63)68)72-70(76)53-34-31-50(39-65(53)80-72)47-22-13-9-14-23-47/h8-18,20-35,38-44H,6-7,19,36-37H2,1-5H3. The van der Waals surface area contributed by atoms with Crippen molar-refractivity contribution in [1.29, 1.82) is 0 Å². The first-order valence-electron chi connectivity index (χ1n) is 28.7. The molecule has 5 heterocycles. The molecule has 10 aromatic carbocycles. The minimum atomic E-state index is -0.207. The molecule has 3 aromatic heterocycles. The molecule has 0 saturated carbocycles. The van der Waals surface area contributed by atoms with E-state index >= 15 is 0 Å². The van der Waals surface area contributed by atoms with Gasteiger partial charge in [0.05, 0.1) is 11.4 Å². The maximum atomic E-state index is 7.36. The van der Waals surface area contributed by atoms with Crippen LogP contribution in [-0.4, -0.2) is 6.85 Å². The number of para-hydroxylation sites is 1. The third kappa shape index (κ3) is 7.24. The fraction of sp³-hybridized carbons (Fsp3) is 0.162. The third-order valence-corrected chi connectivity index (χ3v) is 20.6. The highest BCUT2D eigenvalue weighted by Crippen LogP contribution is 2.57. The van der Waals surface area contributed by atoms with E-state index in [2.05, 4.69) is 251 Å². The minimum Gasteiger partial charge on any atom is -0.455 e. The van der Waals surface area contributed by atoms with Gasteiger partial charge in [-0.3, -0.25) is 0 Å². The second-order valence-electron chi connectivity index (χ2n) is 24.0. The summed E-state index contributed by atoms with van der Waals surface area (Å²) in [5.41, 5.74) is 23.3. The van der Waals surface area contributed by atoms with E-state index in [9.17, 15) is 0 Å². The molecule has 3 aliphatic rings. The first kappa shape index (κ1) is 47.8. The number of thiophene rings is 2. The highest BCUT2D eigenvalue weighted by atomic mass is 32.1. The van der Waals surface area contributed by atoms with Gasteiger partial charge in [-0.05, 0) is 153 Å². The summed E-state index contributed by atoms with van der Waals surface area (Å²) >= 11 is 3.91. The molecule has 386 valence electrons. The molecule has 0 N–H and O–H groups in total. The van der Waals surface area contributed by atoms with Crippen molar-refractivity contribution in [3.05, 3.63) is 223 Å². The van der Waals surface area contributed by atoms with Gasteiger partial charge in [0, 0.05) is 79.6 Å². The Kier molecular flexibility index (Phi) is 10.7. The summed E-state index contributed by atoms with van der Waals surface area (Å²) in [4.78, 5) is 5.39. The summed E-state index contributed by atoms with van der Waals surface area (Å²) in [6, 6.07) is 78.2. The molecular formula is C74H59BN2OS2. The number of rotatable bonds is 8. The quantitative estimate of drug-likeness (QED) is 0.141. The van der Waals surface area contributed by atoms with Gasteiger partial charge in [0.25, 0.3) is 0 Å². The zero-order chi connectivity index (χ0) is 53.6. The van der Waals surface area contributed by atoms with Crippen LogP contribution in [0.3, 0.4) is 0 Å². The molecule has 0 atom stereocenters. The third-order valence-electron chi connectivity index (χ3n) is 18.3. The van der Waals surface area contributed by atoms with Crippen molar-refractivity contribution in [2.24, 2.45) is 0 Å². The first-order valence-corrected chi connectivity index (χ1v) is 30.3. The van der Waals surface area contributed by atoms with Gasteiger partial charge in [0.2, 0.25) is 0 Å². The smallest absolute Gasteiger partial charge is 0.343 e. The second kappa shape index (κ2) is 17.9. The molecule has 0 unspecified atom stereocenters. The van der Waals surface area contributed by atoms with Crippen LogP contribution >= 0.6 is 22.7 Å². The first-order chi connectivity index (χ1) is 39.1. The number of aryl methyl sites for hydroxylation is 1. The van der Waals surface area contributed by atoms with E-state index in [1.807, 2.05) is 22.7 Å². The highest BCUT2D eigenvalue weighted by Gasteiger charge is 2.49. The number of benzene rings is 10. The van der Waals surface area contributed by atoms with E-state index in [0.29, 0.717) is 0 Å². The number of hydrogen-bond donors (Lipinski definition) is 0. The Balaban J connectivity index is 1.05. The van der Waals surface area contributed by atoms with E-state index in [4.69, 9.17) is 4.42 Å². The van der Waals surface area contributed by atoms with Crippen molar-refractivity contribution in [2.75, 3.05) is 9.71 Å². The van der Waals surface area contributed by atoms with Gasteiger partial charge in [-0.25, -0.2) is 0 Å². The van der Waals surface area contributed by atoms with Crippen LogP contribution < -0.4 is 20.0 Å². The van der Waals surface area contributed by atoms with E-state index in [-0.39, 0.29) is 17.7 Å². The summed E-state index contributed by atoms with van der Waals surface area (Å²) in [6.07, 6.45) is 5.69. The lowest BCUT2D eigenvalue weighted by Crippen LogP contribution is -2.60. The average Bonchev–Trinajstić information content (AvgIpc) is 4.29. The summed E-state index contributed by atoms with van der Waals surface area (Å²) in [5, 5.41) is 6.17. The molecular weight excluding hydrogens is 1010 g/mol. The largest absolute Gasteiger partial charge is 0.455 e. The van der Waals surface area contributed by atoms with Crippen LogP contribution in [0.15, 0.2) is 211 Å². The zero-order valence-corrected chi connectivity index (χ0v) is 47.5. The fourth-order valence-corrected chi connectivity index (χ4v) is 16.4. The Bertz CT molecular complexity index is 4650. The van der Waals surface area contributed by atoms with E-state index < -0.39 is 0 Å². The Morgan fingerprint density at radius 3 is 1.85 bits per heavy atom. The molecule has 0 spiro atoms. The van der Waals surface area contributed by atoms with Gasteiger partial charge < -0.3 is 14.1 Å². The molecule has 0 fully saturated rings. The van der Waals surface area contributed by atoms with Gasteiger partial charge in [0.1, 0.15) is 11.2 Å².